The zero-order valence-electron chi connectivity index (χ0n) is 14.8. The third kappa shape index (κ3) is 4.45. The topological polar surface area (TPSA) is 58.1 Å². The van der Waals surface area contributed by atoms with Gasteiger partial charge in [0, 0.05) is 49.3 Å². The molecule has 0 aliphatic carbocycles. The largest absolute Gasteiger partial charge is 0.375 e. The lowest BCUT2D eigenvalue weighted by molar-refractivity contribution is 0.0954. The molecule has 0 saturated heterocycles. The van der Waals surface area contributed by atoms with Crippen molar-refractivity contribution in [2.45, 2.75) is 6.42 Å². The lowest BCUT2D eigenvalue weighted by atomic mass is 10.0. The van der Waals surface area contributed by atoms with E-state index in [2.05, 4.69) is 39.4 Å². The Labute approximate surface area is 153 Å². The fourth-order valence-corrected chi connectivity index (χ4v) is 2.80. The first-order valence-electron chi connectivity index (χ1n) is 8.64. The second-order valence-electron chi connectivity index (χ2n) is 6.04. The molecule has 1 heterocycles. The minimum absolute atomic E-state index is 0.0770. The maximum atomic E-state index is 12.6. The molecule has 0 aliphatic rings. The highest BCUT2D eigenvalue weighted by Crippen LogP contribution is 2.22. The Morgan fingerprint density at radius 3 is 2.46 bits per heavy atom. The van der Waals surface area contributed by atoms with E-state index in [0.29, 0.717) is 12.1 Å². The molecule has 2 aromatic carbocycles. The van der Waals surface area contributed by atoms with Gasteiger partial charge in [-0.15, -0.1) is 0 Å². The summed E-state index contributed by atoms with van der Waals surface area (Å²) in [5.41, 5.74) is 3.49. The van der Waals surface area contributed by atoms with Crippen LogP contribution < -0.4 is 10.2 Å². The average molecular weight is 346 g/mol. The van der Waals surface area contributed by atoms with E-state index < -0.39 is 0 Å². The number of rotatable bonds is 7. The molecule has 3 rings (SSSR count). The Balaban J connectivity index is 1.56. The number of carbonyl (C=O) groups excluding carboxylic acids is 1. The van der Waals surface area contributed by atoms with Crippen molar-refractivity contribution < 1.29 is 4.79 Å². The summed E-state index contributed by atoms with van der Waals surface area (Å²) in [5.74, 6) is -0.0770. The summed E-state index contributed by atoms with van der Waals surface area (Å²) in [5, 5.41) is 3.01. The highest BCUT2D eigenvalue weighted by molar-refractivity contribution is 6.00. The van der Waals surface area contributed by atoms with Crippen molar-refractivity contribution in [3.05, 3.63) is 78.9 Å². The first-order valence-corrected chi connectivity index (χ1v) is 8.64. The van der Waals surface area contributed by atoms with Crippen LogP contribution in [0.5, 0.6) is 0 Å². The fraction of sp³-hybridized carbons (Fsp3) is 0.190. The van der Waals surface area contributed by atoms with Gasteiger partial charge in [0.15, 0.2) is 0 Å². The van der Waals surface area contributed by atoms with Gasteiger partial charge in [-0.3, -0.25) is 4.79 Å². The van der Waals surface area contributed by atoms with Gasteiger partial charge in [-0.05, 0) is 30.2 Å². The van der Waals surface area contributed by atoms with Gasteiger partial charge in [-0.2, -0.15) is 0 Å². The van der Waals surface area contributed by atoms with Gasteiger partial charge in [0.05, 0.1) is 0 Å². The van der Waals surface area contributed by atoms with Crippen LogP contribution in [-0.4, -0.2) is 36.0 Å². The van der Waals surface area contributed by atoms with Gasteiger partial charge < -0.3 is 10.2 Å². The number of aromatic nitrogens is 2. The van der Waals surface area contributed by atoms with Crippen molar-refractivity contribution in [3.63, 3.8) is 0 Å². The van der Waals surface area contributed by atoms with Gasteiger partial charge in [0.25, 0.3) is 5.91 Å². The van der Waals surface area contributed by atoms with Crippen LogP contribution in [0, 0.1) is 0 Å². The summed E-state index contributed by atoms with van der Waals surface area (Å²) in [6.07, 6.45) is 5.78. The van der Waals surface area contributed by atoms with Crippen LogP contribution in [0.1, 0.15) is 16.8 Å². The summed E-state index contributed by atoms with van der Waals surface area (Å²) in [4.78, 5) is 22.8. The van der Waals surface area contributed by atoms with Crippen molar-refractivity contribution >= 4 is 11.6 Å². The molecule has 5 heteroatoms. The predicted octanol–water partition coefficient (Wildman–Crippen LogP) is 3.40. The van der Waals surface area contributed by atoms with E-state index in [-0.39, 0.29) is 5.91 Å². The van der Waals surface area contributed by atoms with Gasteiger partial charge in [0.2, 0.25) is 0 Å². The molecule has 0 atom stereocenters. The Bertz CT molecular complexity index is 837. The minimum Gasteiger partial charge on any atom is -0.375 e. The van der Waals surface area contributed by atoms with Crippen molar-refractivity contribution in [3.8, 4) is 11.1 Å². The lowest BCUT2D eigenvalue weighted by Gasteiger charge is -2.19. The van der Waals surface area contributed by atoms with Crippen molar-refractivity contribution in [2.75, 3.05) is 25.0 Å². The van der Waals surface area contributed by atoms with Crippen LogP contribution >= 0.6 is 0 Å². The second kappa shape index (κ2) is 8.76. The second-order valence-corrected chi connectivity index (χ2v) is 6.04. The monoisotopic (exact) mass is 346 g/mol. The zero-order chi connectivity index (χ0) is 18.2. The van der Waals surface area contributed by atoms with E-state index in [9.17, 15) is 4.79 Å². The molecule has 5 nitrogen and oxygen atoms in total. The number of carbonyl (C=O) groups is 1. The first-order chi connectivity index (χ1) is 12.8. The van der Waals surface area contributed by atoms with E-state index in [4.69, 9.17) is 0 Å². The van der Waals surface area contributed by atoms with Crippen LogP contribution in [0.25, 0.3) is 11.1 Å². The highest BCUT2D eigenvalue weighted by atomic mass is 16.1. The first kappa shape index (κ1) is 17.6. The molecule has 0 radical (unpaired) electrons. The summed E-state index contributed by atoms with van der Waals surface area (Å²) >= 11 is 0. The Morgan fingerprint density at radius 1 is 1.00 bits per heavy atom. The Hall–Kier alpha value is -3.21. The number of hydrogen-bond acceptors (Lipinski definition) is 4. The van der Waals surface area contributed by atoms with Gasteiger partial charge >= 0.3 is 0 Å². The molecule has 1 amide bonds. The molecule has 0 saturated carbocycles. The molecular formula is C21H22N4O. The van der Waals surface area contributed by atoms with E-state index >= 15 is 0 Å². The molecule has 0 spiro atoms. The highest BCUT2D eigenvalue weighted by Gasteiger charge is 2.12. The summed E-state index contributed by atoms with van der Waals surface area (Å²) in [6, 6.07) is 17.7. The summed E-state index contributed by atoms with van der Waals surface area (Å²) < 4.78 is 0. The molecule has 1 N–H and O–H groups in total. The molecule has 3 aromatic rings. The van der Waals surface area contributed by atoms with Crippen LogP contribution in [0.4, 0.5) is 5.69 Å². The number of nitrogens with one attached hydrogen (secondary N) is 1. The Kier molecular flexibility index (Phi) is 5.93. The zero-order valence-corrected chi connectivity index (χ0v) is 14.8. The van der Waals surface area contributed by atoms with Crippen molar-refractivity contribution in [1.82, 2.24) is 15.3 Å². The SMILES string of the molecule is CN(CCCNC(=O)c1ccccc1-c1cncnc1)c1ccccc1. The number of benzene rings is 2. The third-order valence-corrected chi connectivity index (χ3v) is 4.20. The molecule has 132 valence electrons. The third-order valence-electron chi connectivity index (χ3n) is 4.20. The van der Waals surface area contributed by atoms with Crippen LogP contribution in [-0.2, 0) is 0 Å². The molecule has 26 heavy (non-hydrogen) atoms. The Morgan fingerprint density at radius 2 is 1.69 bits per heavy atom. The lowest BCUT2D eigenvalue weighted by Crippen LogP contribution is -2.28. The van der Waals surface area contributed by atoms with E-state index in [1.54, 1.807) is 12.4 Å². The molecule has 0 bridgehead atoms. The average Bonchev–Trinajstić information content (AvgIpc) is 2.72. The van der Waals surface area contributed by atoms with Gasteiger partial charge in [0.1, 0.15) is 6.33 Å². The number of nitrogens with zero attached hydrogens (tertiary/aromatic N) is 3. The van der Waals surface area contributed by atoms with Crippen LogP contribution in [0.15, 0.2) is 73.3 Å². The normalized spacial score (nSPS) is 10.3. The van der Waals surface area contributed by atoms with Crippen molar-refractivity contribution in [1.29, 1.82) is 0 Å². The van der Waals surface area contributed by atoms with Crippen LogP contribution in [0.3, 0.4) is 0 Å². The number of hydrogen-bond donors (Lipinski definition) is 1. The molecule has 1 aromatic heterocycles. The van der Waals surface area contributed by atoms with E-state index in [0.717, 1.165) is 24.1 Å². The predicted molar refractivity (Wildman–Crippen MR) is 104 cm³/mol. The maximum Gasteiger partial charge on any atom is 0.251 e. The smallest absolute Gasteiger partial charge is 0.251 e. The molecule has 0 unspecified atom stereocenters. The van der Waals surface area contributed by atoms with E-state index in [1.165, 1.54) is 12.0 Å². The number of amides is 1. The molecule has 0 aliphatic heterocycles. The molecule has 0 fully saturated rings. The molecular weight excluding hydrogens is 324 g/mol. The van der Waals surface area contributed by atoms with Crippen molar-refractivity contribution in [2.24, 2.45) is 0 Å². The fourth-order valence-electron chi connectivity index (χ4n) is 2.80. The number of para-hydroxylation sites is 1. The quantitative estimate of drug-likeness (QED) is 0.666. The standard InChI is InChI=1S/C21H22N4O/c1-25(18-8-3-2-4-9-18)13-7-12-24-21(26)20-11-6-5-10-19(20)17-14-22-16-23-15-17/h2-6,8-11,14-16H,7,12-13H2,1H3,(H,24,26). The van der Waals surface area contributed by atoms with Gasteiger partial charge in [-0.25, -0.2) is 9.97 Å². The van der Waals surface area contributed by atoms with Crippen LogP contribution in [0.2, 0.25) is 0 Å². The van der Waals surface area contributed by atoms with E-state index in [1.807, 2.05) is 42.5 Å². The van der Waals surface area contributed by atoms with Gasteiger partial charge in [-0.1, -0.05) is 36.4 Å². The summed E-state index contributed by atoms with van der Waals surface area (Å²) in [6.45, 7) is 1.49. The summed E-state index contributed by atoms with van der Waals surface area (Å²) in [7, 11) is 2.06. The number of anilines is 1. The minimum atomic E-state index is -0.0770. The maximum absolute atomic E-state index is 12.6.